The summed E-state index contributed by atoms with van der Waals surface area (Å²) in [6.45, 7) is 1.90. The Balaban J connectivity index is 2.35. The third-order valence-corrected chi connectivity index (χ3v) is 5.17. The van der Waals surface area contributed by atoms with Gasteiger partial charge in [0.2, 0.25) is 0 Å². The highest BCUT2D eigenvalue weighted by Crippen LogP contribution is 2.21. The standard InChI is InChI=1S/C13H10F2INO2S/c1-8-2-3-9(6-13(8)16)17-20(18,19)10-4-5-11(14)12(15)7-10/h2-7,17H,1H3. The summed E-state index contributed by atoms with van der Waals surface area (Å²) in [4.78, 5) is -0.327. The second-order valence-electron chi connectivity index (χ2n) is 4.15. The molecular weight excluding hydrogens is 399 g/mol. The Morgan fingerprint density at radius 1 is 1.05 bits per heavy atom. The molecule has 0 saturated carbocycles. The van der Waals surface area contributed by atoms with Crippen LogP contribution in [0.5, 0.6) is 0 Å². The van der Waals surface area contributed by atoms with Gasteiger partial charge in [-0.2, -0.15) is 0 Å². The molecule has 2 aromatic rings. The van der Waals surface area contributed by atoms with Crippen LogP contribution in [0.3, 0.4) is 0 Å². The maximum Gasteiger partial charge on any atom is 0.261 e. The third kappa shape index (κ3) is 3.26. The van der Waals surface area contributed by atoms with Crippen molar-refractivity contribution in [2.75, 3.05) is 4.72 Å². The Bertz CT molecular complexity index is 763. The van der Waals surface area contributed by atoms with Gasteiger partial charge in [-0.05, 0) is 65.4 Å². The molecule has 0 atom stereocenters. The summed E-state index contributed by atoms with van der Waals surface area (Å²) in [7, 11) is -3.94. The van der Waals surface area contributed by atoms with E-state index >= 15 is 0 Å². The van der Waals surface area contributed by atoms with Gasteiger partial charge in [0.15, 0.2) is 11.6 Å². The van der Waals surface area contributed by atoms with Crippen molar-refractivity contribution in [3.63, 3.8) is 0 Å². The quantitative estimate of drug-likeness (QED) is 0.787. The van der Waals surface area contributed by atoms with Crippen molar-refractivity contribution < 1.29 is 17.2 Å². The molecule has 2 aromatic carbocycles. The van der Waals surface area contributed by atoms with E-state index in [1.54, 1.807) is 18.2 Å². The minimum absolute atomic E-state index is 0.327. The van der Waals surface area contributed by atoms with Crippen molar-refractivity contribution in [3.8, 4) is 0 Å². The number of nitrogens with one attached hydrogen (secondary N) is 1. The summed E-state index contributed by atoms with van der Waals surface area (Å²) in [5.41, 5.74) is 1.38. The molecule has 0 aromatic heterocycles. The van der Waals surface area contributed by atoms with Crippen LogP contribution >= 0.6 is 22.6 Å². The van der Waals surface area contributed by atoms with Crippen LogP contribution in [-0.2, 0) is 10.0 Å². The Kier molecular flexibility index (Phi) is 4.28. The fourth-order valence-corrected chi connectivity index (χ4v) is 3.09. The van der Waals surface area contributed by atoms with Crippen LogP contribution in [0.2, 0.25) is 0 Å². The van der Waals surface area contributed by atoms with Crippen molar-refractivity contribution in [1.29, 1.82) is 0 Å². The van der Waals surface area contributed by atoms with Gasteiger partial charge in [0, 0.05) is 9.26 Å². The van der Waals surface area contributed by atoms with Crippen LogP contribution < -0.4 is 4.72 Å². The molecule has 2 rings (SSSR count). The number of rotatable bonds is 3. The van der Waals surface area contributed by atoms with Crippen LogP contribution in [0.1, 0.15) is 5.56 Å². The lowest BCUT2D eigenvalue weighted by molar-refractivity contribution is 0.504. The largest absolute Gasteiger partial charge is 0.280 e. The molecule has 0 aliphatic rings. The summed E-state index contributed by atoms with van der Waals surface area (Å²) in [6, 6.07) is 7.48. The first-order valence-electron chi connectivity index (χ1n) is 5.53. The Morgan fingerprint density at radius 3 is 2.35 bits per heavy atom. The van der Waals surface area contributed by atoms with Gasteiger partial charge >= 0.3 is 0 Å². The average molecular weight is 409 g/mol. The maximum absolute atomic E-state index is 13.1. The maximum atomic E-state index is 13.1. The predicted molar refractivity (Wildman–Crippen MR) is 81.1 cm³/mol. The topological polar surface area (TPSA) is 46.2 Å². The van der Waals surface area contributed by atoms with Crippen LogP contribution in [0.4, 0.5) is 14.5 Å². The monoisotopic (exact) mass is 409 g/mol. The molecule has 0 aliphatic heterocycles. The number of hydrogen-bond acceptors (Lipinski definition) is 2. The lowest BCUT2D eigenvalue weighted by Crippen LogP contribution is -2.13. The first-order valence-corrected chi connectivity index (χ1v) is 8.10. The molecule has 0 saturated heterocycles. The second kappa shape index (κ2) is 5.65. The van der Waals surface area contributed by atoms with Crippen molar-refractivity contribution >= 4 is 38.3 Å². The van der Waals surface area contributed by atoms with Crippen LogP contribution in [0, 0.1) is 22.1 Å². The summed E-state index contributed by atoms with van der Waals surface area (Å²) in [5, 5.41) is 0. The molecular formula is C13H10F2INO2S. The van der Waals surface area contributed by atoms with Gasteiger partial charge in [-0.25, -0.2) is 17.2 Å². The van der Waals surface area contributed by atoms with E-state index in [4.69, 9.17) is 0 Å². The number of sulfonamides is 1. The SMILES string of the molecule is Cc1ccc(NS(=O)(=O)c2ccc(F)c(F)c2)cc1I. The van der Waals surface area contributed by atoms with E-state index in [0.29, 0.717) is 11.8 Å². The summed E-state index contributed by atoms with van der Waals surface area (Å²) >= 11 is 2.08. The molecule has 0 aliphatic carbocycles. The van der Waals surface area contributed by atoms with Crippen LogP contribution in [-0.4, -0.2) is 8.42 Å². The van der Waals surface area contributed by atoms with Gasteiger partial charge in [0.25, 0.3) is 10.0 Å². The number of anilines is 1. The van der Waals surface area contributed by atoms with Gasteiger partial charge in [-0.1, -0.05) is 6.07 Å². The molecule has 20 heavy (non-hydrogen) atoms. The zero-order valence-electron chi connectivity index (χ0n) is 10.3. The Morgan fingerprint density at radius 2 is 1.75 bits per heavy atom. The van der Waals surface area contributed by atoms with Gasteiger partial charge in [-0.3, -0.25) is 4.72 Å². The van der Waals surface area contributed by atoms with E-state index < -0.39 is 21.7 Å². The molecule has 0 radical (unpaired) electrons. The first kappa shape index (κ1) is 15.2. The molecule has 0 amide bonds. The summed E-state index contributed by atoms with van der Waals surface area (Å²) in [6.07, 6.45) is 0. The van der Waals surface area contributed by atoms with Crippen LogP contribution in [0.25, 0.3) is 0 Å². The van der Waals surface area contributed by atoms with Crippen molar-refractivity contribution in [3.05, 3.63) is 57.2 Å². The first-order chi connectivity index (χ1) is 9.29. The lowest BCUT2D eigenvalue weighted by Gasteiger charge is -2.09. The minimum Gasteiger partial charge on any atom is -0.280 e. The molecule has 0 unspecified atom stereocenters. The van der Waals surface area contributed by atoms with Crippen molar-refractivity contribution in [2.45, 2.75) is 11.8 Å². The van der Waals surface area contributed by atoms with Gasteiger partial charge in [0.05, 0.1) is 4.90 Å². The fourth-order valence-electron chi connectivity index (χ4n) is 1.51. The fraction of sp³-hybridized carbons (Fsp3) is 0.0769. The van der Waals surface area contributed by atoms with Crippen molar-refractivity contribution in [2.24, 2.45) is 0 Å². The van der Waals surface area contributed by atoms with E-state index in [-0.39, 0.29) is 4.90 Å². The average Bonchev–Trinajstić information content (AvgIpc) is 2.37. The number of benzene rings is 2. The molecule has 0 heterocycles. The normalized spacial score (nSPS) is 11.4. The molecule has 106 valence electrons. The number of hydrogen-bond donors (Lipinski definition) is 1. The van der Waals surface area contributed by atoms with E-state index in [1.807, 2.05) is 6.92 Å². The van der Waals surface area contributed by atoms with Crippen molar-refractivity contribution in [1.82, 2.24) is 0 Å². The lowest BCUT2D eigenvalue weighted by atomic mass is 10.2. The number of halogens is 3. The highest BCUT2D eigenvalue weighted by Gasteiger charge is 2.16. The molecule has 3 nitrogen and oxygen atoms in total. The molecule has 1 N–H and O–H groups in total. The summed E-state index contributed by atoms with van der Waals surface area (Å²) in [5.74, 6) is -2.29. The highest BCUT2D eigenvalue weighted by atomic mass is 127. The third-order valence-electron chi connectivity index (χ3n) is 2.63. The Hall–Kier alpha value is -1.22. The molecule has 0 spiro atoms. The van der Waals surface area contributed by atoms with E-state index in [0.717, 1.165) is 21.3 Å². The second-order valence-corrected chi connectivity index (χ2v) is 6.99. The zero-order chi connectivity index (χ0) is 14.9. The smallest absolute Gasteiger partial charge is 0.261 e. The molecule has 0 bridgehead atoms. The molecule has 7 heteroatoms. The van der Waals surface area contributed by atoms with E-state index in [1.165, 1.54) is 0 Å². The van der Waals surface area contributed by atoms with Crippen LogP contribution in [0.15, 0.2) is 41.3 Å². The molecule has 0 fully saturated rings. The minimum atomic E-state index is -3.94. The van der Waals surface area contributed by atoms with E-state index in [9.17, 15) is 17.2 Å². The van der Waals surface area contributed by atoms with Gasteiger partial charge < -0.3 is 0 Å². The van der Waals surface area contributed by atoms with Gasteiger partial charge in [-0.15, -0.1) is 0 Å². The predicted octanol–water partition coefficient (Wildman–Crippen LogP) is 3.68. The highest BCUT2D eigenvalue weighted by molar-refractivity contribution is 14.1. The summed E-state index contributed by atoms with van der Waals surface area (Å²) < 4.78 is 53.3. The van der Waals surface area contributed by atoms with E-state index in [2.05, 4.69) is 27.3 Å². The zero-order valence-corrected chi connectivity index (χ0v) is 13.3. The number of aryl methyl sites for hydroxylation is 1. The Labute approximate surface area is 129 Å². The van der Waals surface area contributed by atoms with Gasteiger partial charge in [0.1, 0.15) is 0 Å².